The highest BCUT2D eigenvalue weighted by Gasteiger charge is 2.12. The summed E-state index contributed by atoms with van der Waals surface area (Å²) in [5, 5.41) is 0. The molecule has 0 heterocycles. The van der Waals surface area contributed by atoms with Crippen molar-refractivity contribution in [3.05, 3.63) is 70.3 Å². The van der Waals surface area contributed by atoms with Crippen LogP contribution < -0.4 is 0 Å². The predicted molar refractivity (Wildman–Crippen MR) is 88.1 cm³/mol. The minimum Gasteiger partial charge on any atom is -0.293 e. The summed E-state index contributed by atoms with van der Waals surface area (Å²) in [6.07, 6.45) is 0. The van der Waals surface area contributed by atoms with Crippen LogP contribution in [0.25, 0.3) is 0 Å². The van der Waals surface area contributed by atoms with Crippen molar-refractivity contribution in [3.8, 4) is 0 Å². The van der Waals surface area contributed by atoms with E-state index in [1.165, 1.54) is 0 Å². The first kappa shape index (κ1) is 15.6. The zero-order chi connectivity index (χ0) is 15.4. The molecular weight excluding hydrogens is 280 g/mol. The van der Waals surface area contributed by atoms with E-state index >= 15 is 0 Å². The second kappa shape index (κ2) is 6.81. The molecule has 3 heteroatoms. The summed E-state index contributed by atoms with van der Waals surface area (Å²) in [6, 6.07) is 13.5. The van der Waals surface area contributed by atoms with Crippen molar-refractivity contribution in [1.29, 1.82) is 0 Å². The summed E-state index contributed by atoms with van der Waals surface area (Å²) in [5.41, 5.74) is 5.06. The van der Waals surface area contributed by atoms with Crippen LogP contribution in [0.5, 0.6) is 0 Å². The minimum absolute atomic E-state index is 0.0509. The minimum atomic E-state index is -1.17. The lowest BCUT2D eigenvalue weighted by molar-refractivity contribution is 0.102. The van der Waals surface area contributed by atoms with Crippen molar-refractivity contribution in [2.24, 2.45) is 0 Å². The van der Waals surface area contributed by atoms with E-state index in [1.54, 1.807) is 0 Å². The average molecular weight is 300 g/mol. The zero-order valence-electron chi connectivity index (χ0n) is 12.7. The number of carbonyl (C=O) groups excluding carboxylic acids is 1. The number of benzene rings is 2. The molecule has 0 aromatic heterocycles. The molecule has 2 aromatic carbocycles. The fourth-order valence-corrected chi connectivity index (χ4v) is 3.37. The molecule has 1 atom stereocenters. The quantitative estimate of drug-likeness (QED) is 0.788. The lowest BCUT2D eigenvalue weighted by atomic mass is 10.0. The van der Waals surface area contributed by atoms with Gasteiger partial charge in [-0.1, -0.05) is 36.4 Å². The van der Waals surface area contributed by atoms with Gasteiger partial charge >= 0.3 is 0 Å². The molecule has 21 heavy (non-hydrogen) atoms. The van der Waals surface area contributed by atoms with Gasteiger partial charge in [-0.3, -0.25) is 9.00 Å². The van der Waals surface area contributed by atoms with Gasteiger partial charge in [0.15, 0.2) is 5.78 Å². The van der Waals surface area contributed by atoms with Crippen LogP contribution in [0.3, 0.4) is 0 Å². The summed E-state index contributed by atoms with van der Waals surface area (Å²) in [5.74, 6) is 0.463. The van der Waals surface area contributed by atoms with Gasteiger partial charge in [-0.2, -0.15) is 0 Å². The van der Waals surface area contributed by atoms with Gasteiger partial charge < -0.3 is 0 Å². The third kappa shape index (κ3) is 4.11. The van der Waals surface area contributed by atoms with E-state index in [9.17, 15) is 9.00 Å². The first-order chi connectivity index (χ1) is 9.97. The molecule has 2 aromatic rings. The summed E-state index contributed by atoms with van der Waals surface area (Å²) in [6.45, 7) is 5.99. The maximum Gasteiger partial charge on any atom is 0.175 e. The number of ketones is 1. The van der Waals surface area contributed by atoms with Crippen molar-refractivity contribution >= 4 is 16.6 Å². The van der Waals surface area contributed by atoms with E-state index in [2.05, 4.69) is 0 Å². The smallest absolute Gasteiger partial charge is 0.175 e. The average Bonchev–Trinajstić information content (AvgIpc) is 2.44. The van der Waals surface area contributed by atoms with Gasteiger partial charge in [0.25, 0.3) is 0 Å². The normalized spacial score (nSPS) is 12.1. The summed E-state index contributed by atoms with van der Waals surface area (Å²) < 4.78 is 12.2. The van der Waals surface area contributed by atoms with Gasteiger partial charge in [0.1, 0.15) is 0 Å². The van der Waals surface area contributed by atoms with Gasteiger partial charge in [-0.25, -0.2) is 0 Å². The molecule has 1 unspecified atom stereocenters. The Morgan fingerprint density at radius 3 is 2.33 bits per heavy atom. The Kier molecular flexibility index (Phi) is 5.07. The summed E-state index contributed by atoms with van der Waals surface area (Å²) >= 11 is 0. The molecule has 2 nitrogen and oxygen atoms in total. The van der Waals surface area contributed by atoms with E-state index in [-0.39, 0.29) is 11.5 Å². The highest BCUT2D eigenvalue weighted by Crippen LogP contribution is 2.13. The maximum atomic E-state index is 12.2. The van der Waals surface area contributed by atoms with Crippen LogP contribution >= 0.6 is 0 Å². The van der Waals surface area contributed by atoms with Crippen LogP contribution in [0, 0.1) is 20.8 Å². The molecule has 0 saturated carbocycles. The summed E-state index contributed by atoms with van der Waals surface area (Å²) in [4.78, 5) is 12.2. The zero-order valence-corrected chi connectivity index (χ0v) is 13.5. The Morgan fingerprint density at radius 1 is 0.952 bits per heavy atom. The molecular formula is C18H20O2S. The summed E-state index contributed by atoms with van der Waals surface area (Å²) in [7, 11) is -1.17. The molecule has 0 bridgehead atoms. The van der Waals surface area contributed by atoms with Crippen molar-refractivity contribution in [2.45, 2.75) is 26.5 Å². The topological polar surface area (TPSA) is 34.1 Å². The third-order valence-corrected chi connectivity index (χ3v) is 4.92. The molecule has 0 aliphatic carbocycles. The maximum absolute atomic E-state index is 12.2. The predicted octanol–water partition coefficient (Wildman–Crippen LogP) is 3.74. The molecule has 0 saturated heterocycles. The van der Waals surface area contributed by atoms with Crippen LogP contribution in [-0.2, 0) is 16.6 Å². The molecule has 0 aliphatic rings. The standard InChI is InChI=1S/C18H20O2S/c1-13-8-9-16(10-15(13)3)18(19)12-21(20)11-17-7-5-4-6-14(17)2/h4-10H,11-12H2,1-3H3. The second-order valence-electron chi connectivity index (χ2n) is 5.38. The first-order valence-corrected chi connectivity index (χ1v) is 8.46. The number of aryl methyl sites for hydroxylation is 3. The Bertz CT molecular complexity index is 689. The molecule has 110 valence electrons. The molecule has 2 rings (SSSR count). The Hall–Kier alpha value is -1.74. The van der Waals surface area contributed by atoms with Crippen LogP contribution in [0.15, 0.2) is 42.5 Å². The monoisotopic (exact) mass is 300 g/mol. The molecule has 0 spiro atoms. The van der Waals surface area contributed by atoms with E-state index in [4.69, 9.17) is 0 Å². The van der Waals surface area contributed by atoms with E-state index in [1.807, 2.05) is 63.2 Å². The Balaban J connectivity index is 2.04. The van der Waals surface area contributed by atoms with Crippen LogP contribution in [0.2, 0.25) is 0 Å². The van der Waals surface area contributed by atoms with Gasteiger partial charge in [0.2, 0.25) is 0 Å². The number of rotatable bonds is 5. The first-order valence-electron chi connectivity index (χ1n) is 6.97. The highest BCUT2D eigenvalue weighted by molar-refractivity contribution is 7.85. The number of hydrogen-bond acceptors (Lipinski definition) is 2. The van der Waals surface area contributed by atoms with Crippen LogP contribution in [-0.4, -0.2) is 15.7 Å². The van der Waals surface area contributed by atoms with Crippen LogP contribution in [0.4, 0.5) is 0 Å². The SMILES string of the molecule is Cc1ccc(C(=O)CS(=O)Cc2ccccc2C)cc1C. The fraction of sp³-hybridized carbons (Fsp3) is 0.278. The van der Waals surface area contributed by atoms with Crippen molar-refractivity contribution in [3.63, 3.8) is 0 Å². The Labute approximate surface area is 128 Å². The van der Waals surface area contributed by atoms with E-state index < -0.39 is 10.8 Å². The van der Waals surface area contributed by atoms with Crippen molar-refractivity contribution < 1.29 is 9.00 Å². The van der Waals surface area contributed by atoms with Gasteiger partial charge in [0.05, 0.1) is 5.75 Å². The number of hydrogen-bond donors (Lipinski definition) is 0. The van der Waals surface area contributed by atoms with Crippen molar-refractivity contribution in [2.75, 3.05) is 5.75 Å². The van der Waals surface area contributed by atoms with Gasteiger partial charge in [0, 0.05) is 22.1 Å². The lowest BCUT2D eigenvalue weighted by Gasteiger charge is -2.07. The molecule has 0 fully saturated rings. The molecule has 0 aliphatic heterocycles. The largest absolute Gasteiger partial charge is 0.293 e. The van der Waals surface area contributed by atoms with Gasteiger partial charge in [-0.15, -0.1) is 0 Å². The number of carbonyl (C=O) groups is 1. The fourth-order valence-electron chi connectivity index (χ4n) is 2.14. The molecule has 0 radical (unpaired) electrons. The van der Waals surface area contributed by atoms with Crippen LogP contribution in [0.1, 0.15) is 32.6 Å². The number of Topliss-reactive ketones (excluding diaryl/α,β-unsaturated/α-hetero) is 1. The third-order valence-electron chi connectivity index (χ3n) is 3.70. The molecule has 0 N–H and O–H groups in total. The lowest BCUT2D eigenvalue weighted by Crippen LogP contribution is -2.13. The Morgan fingerprint density at radius 2 is 1.67 bits per heavy atom. The van der Waals surface area contributed by atoms with E-state index in [0.717, 1.165) is 22.3 Å². The van der Waals surface area contributed by atoms with E-state index in [0.29, 0.717) is 11.3 Å². The second-order valence-corrected chi connectivity index (χ2v) is 6.83. The van der Waals surface area contributed by atoms with Crippen molar-refractivity contribution in [1.82, 2.24) is 0 Å². The molecule has 0 amide bonds. The highest BCUT2D eigenvalue weighted by atomic mass is 32.2. The van der Waals surface area contributed by atoms with Gasteiger partial charge in [-0.05, 0) is 49.1 Å².